The van der Waals surface area contributed by atoms with E-state index in [4.69, 9.17) is 9.97 Å². The second-order valence-corrected chi connectivity index (χ2v) is 6.90. The molecule has 3 heterocycles. The maximum atomic E-state index is 4.77. The Morgan fingerprint density at radius 3 is 2.30 bits per heavy atom. The molecule has 0 aliphatic rings. The van der Waals surface area contributed by atoms with E-state index in [9.17, 15) is 0 Å². The van der Waals surface area contributed by atoms with Gasteiger partial charge in [0.05, 0.1) is 0 Å². The summed E-state index contributed by atoms with van der Waals surface area (Å²) in [6.07, 6.45) is 2.08. The second-order valence-electron chi connectivity index (χ2n) is 6.16. The lowest BCUT2D eigenvalue weighted by molar-refractivity contribution is -0.659. The third-order valence-corrected chi connectivity index (χ3v) is 5.14. The SMILES string of the molecule is Cc1cc(C)c(C)c(-c2cc3nc4cscc4nc3c[n+]2C)c1. The van der Waals surface area contributed by atoms with Crippen LogP contribution < -0.4 is 4.57 Å². The molecule has 0 amide bonds. The minimum absolute atomic E-state index is 0.934. The molecule has 0 spiro atoms. The van der Waals surface area contributed by atoms with Gasteiger partial charge >= 0.3 is 0 Å². The number of pyridine rings is 1. The van der Waals surface area contributed by atoms with Crippen LogP contribution in [0.5, 0.6) is 0 Å². The zero-order valence-electron chi connectivity index (χ0n) is 13.7. The summed E-state index contributed by atoms with van der Waals surface area (Å²) in [5, 5.41) is 4.10. The van der Waals surface area contributed by atoms with E-state index in [0.717, 1.165) is 22.1 Å². The smallest absolute Gasteiger partial charge is 0.214 e. The second kappa shape index (κ2) is 5.10. The fourth-order valence-electron chi connectivity index (χ4n) is 3.08. The van der Waals surface area contributed by atoms with Crippen LogP contribution in [0.3, 0.4) is 0 Å². The summed E-state index contributed by atoms with van der Waals surface area (Å²) in [7, 11) is 2.07. The molecular formula is C19H18N3S+. The van der Waals surface area contributed by atoms with E-state index < -0.39 is 0 Å². The fraction of sp³-hybridized carbons (Fsp3) is 0.211. The van der Waals surface area contributed by atoms with Gasteiger partial charge in [-0.3, -0.25) is 0 Å². The van der Waals surface area contributed by atoms with Gasteiger partial charge in [0.1, 0.15) is 23.6 Å². The number of rotatable bonds is 1. The Morgan fingerprint density at radius 2 is 1.57 bits per heavy atom. The molecule has 0 atom stereocenters. The third kappa shape index (κ3) is 2.30. The summed E-state index contributed by atoms with van der Waals surface area (Å²) in [6, 6.07) is 6.63. The van der Waals surface area contributed by atoms with E-state index in [1.165, 1.54) is 27.9 Å². The minimum atomic E-state index is 0.934. The summed E-state index contributed by atoms with van der Waals surface area (Å²) >= 11 is 1.64. The minimum Gasteiger partial charge on any atom is -0.243 e. The highest BCUT2D eigenvalue weighted by molar-refractivity contribution is 7.09. The van der Waals surface area contributed by atoms with Crippen molar-refractivity contribution in [2.45, 2.75) is 20.8 Å². The first-order valence-corrected chi connectivity index (χ1v) is 8.59. The molecule has 3 aromatic heterocycles. The predicted molar refractivity (Wildman–Crippen MR) is 95.7 cm³/mol. The van der Waals surface area contributed by atoms with Crippen molar-refractivity contribution in [3.05, 3.63) is 51.8 Å². The highest BCUT2D eigenvalue weighted by atomic mass is 32.1. The number of hydrogen-bond donors (Lipinski definition) is 0. The lowest BCUT2D eigenvalue weighted by Gasteiger charge is -2.09. The molecule has 3 nitrogen and oxygen atoms in total. The molecule has 1 aromatic carbocycles. The first-order chi connectivity index (χ1) is 11.0. The Labute approximate surface area is 139 Å². The van der Waals surface area contributed by atoms with Crippen LogP contribution in [-0.2, 0) is 7.05 Å². The molecular weight excluding hydrogens is 302 g/mol. The van der Waals surface area contributed by atoms with Crippen LogP contribution in [0.4, 0.5) is 0 Å². The number of aromatic nitrogens is 3. The van der Waals surface area contributed by atoms with Crippen LogP contribution in [0.25, 0.3) is 33.3 Å². The van der Waals surface area contributed by atoms with E-state index in [1.807, 2.05) is 5.38 Å². The predicted octanol–water partition coefficient (Wildman–Crippen LogP) is 4.26. The molecule has 0 unspecified atom stereocenters. The molecule has 0 saturated heterocycles. The average Bonchev–Trinajstić information content (AvgIpc) is 2.95. The first kappa shape index (κ1) is 14.3. The van der Waals surface area contributed by atoms with E-state index in [-0.39, 0.29) is 0 Å². The Morgan fingerprint density at radius 1 is 0.870 bits per heavy atom. The van der Waals surface area contributed by atoms with Crippen molar-refractivity contribution >= 4 is 33.4 Å². The molecule has 0 aliphatic heterocycles. The first-order valence-electron chi connectivity index (χ1n) is 7.64. The van der Waals surface area contributed by atoms with Gasteiger partial charge in [0.2, 0.25) is 5.69 Å². The van der Waals surface area contributed by atoms with Gasteiger partial charge in [-0.2, -0.15) is 4.57 Å². The molecule has 114 valence electrons. The highest BCUT2D eigenvalue weighted by Crippen LogP contribution is 2.27. The zero-order valence-corrected chi connectivity index (χ0v) is 14.5. The molecule has 4 rings (SSSR count). The molecule has 0 aliphatic carbocycles. The molecule has 0 radical (unpaired) electrons. The number of benzene rings is 1. The average molecular weight is 320 g/mol. The standard InChI is InChI=1S/C19H18N3S/c1-11-5-12(2)13(3)14(6-11)19-7-15-16(8-22(19)4)21-18-10-23-9-17(18)20-15/h5-10H,1-4H3/q+1. The van der Waals surface area contributed by atoms with Crippen molar-refractivity contribution < 1.29 is 4.57 Å². The number of thiophene rings is 1. The summed E-state index contributed by atoms with van der Waals surface area (Å²) in [5.74, 6) is 0. The monoisotopic (exact) mass is 320 g/mol. The normalized spacial score (nSPS) is 11.5. The largest absolute Gasteiger partial charge is 0.243 e. The molecule has 0 fully saturated rings. The van der Waals surface area contributed by atoms with Gasteiger partial charge in [0.25, 0.3) is 0 Å². The number of aryl methyl sites for hydroxylation is 3. The van der Waals surface area contributed by atoms with E-state index in [0.29, 0.717) is 0 Å². The zero-order chi connectivity index (χ0) is 16.1. The van der Waals surface area contributed by atoms with Gasteiger partial charge in [-0.15, -0.1) is 11.3 Å². The Hall–Kier alpha value is -2.33. The summed E-state index contributed by atoms with van der Waals surface area (Å²) in [5.41, 5.74) is 10.2. The van der Waals surface area contributed by atoms with Gasteiger partial charge < -0.3 is 0 Å². The molecule has 0 bridgehead atoms. The van der Waals surface area contributed by atoms with Crippen molar-refractivity contribution in [1.82, 2.24) is 9.97 Å². The van der Waals surface area contributed by atoms with Gasteiger partial charge in [0, 0.05) is 22.4 Å². The fourth-order valence-corrected chi connectivity index (χ4v) is 3.76. The van der Waals surface area contributed by atoms with Crippen LogP contribution in [0.2, 0.25) is 0 Å². The number of fused-ring (bicyclic) bond motifs is 2. The van der Waals surface area contributed by atoms with Crippen LogP contribution >= 0.6 is 11.3 Å². The highest BCUT2D eigenvalue weighted by Gasteiger charge is 2.17. The molecule has 4 heteroatoms. The van der Waals surface area contributed by atoms with Crippen LogP contribution in [0.15, 0.2) is 35.2 Å². The van der Waals surface area contributed by atoms with Crippen LogP contribution in [0.1, 0.15) is 16.7 Å². The number of nitrogens with zero attached hydrogens (tertiary/aromatic N) is 3. The lowest BCUT2D eigenvalue weighted by atomic mass is 9.97. The summed E-state index contributed by atoms with van der Waals surface area (Å²) < 4.78 is 2.15. The van der Waals surface area contributed by atoms with E-state index in [1.54, 1.807) is 11.3 Å². The Bertz CT molecular complexity index is 1060. The third-order valence-electron chi connectivity index (χ3n) is 4.42. The molecule has 0 N–H and O–H groups in total. The maximum absolute atomic E-state index is 4.77. The maximum Gasteiger partial charge on any atom is 0.214 e. The Balaban J connectivity index is 2.03. The van der Waals surface area contributed by atoms with Gasteiger partial charge in [-0.25, -0.2) is 9.97 Å². The molecule has 0 saturated carbocycles. The Kier molecular flexibility index (Phi) is 3.16. The van der Waals surface area contributed by atoms with Crippen molar-refractivity contribution in [3.63, 3.8) is 0 Å². The van der Waals surface area contributed by atoms with E-state index >= 15 is 0 Å². The summed E-state index contributed by atoms with van der Waals surface area (Å²) in [4.78, 5) is 9.49. The van der Waals surface area contributed by atoms with Crippen LogP contribution in [0, 0.1) is 20.8 Å². The van der Waals surface area contributed by atoms with Gasteiger partial charge in [-0.1, -0.05) is 11.6 Å². The van der Waals surface area contributed by atoms with Crippen molar-refractivity contribution in [3.8, 4) is 11.3 Å². The van der Waals surface area contributed by atoms with Crippen molar-refractivity contribution in [2.24, 2.45) is 7.05 Å². The van der Waals surface area contributed by atoms with E-state index in [2.05, 4.69) is 62.2 Å². The van der Waals surface area contributed by atoms with Gasteiger partial charge in [0.15, 0.2) is 11.7 Å². The molecule has 23 heavy (non-hydrogen) atoms. The van der Waals surface area contributed by atoms with Gasteiger partial charge in [-0.05, 0) is 38.0 Å². The molecule has 4 aromatic rings. The quantitative estimate of drug-likeness (QED) is 0.490. The topological polar surface area (TPSA) is 29.7 Å². The summed E-state index contributed by atoms with van der Waals surface area (Å²) in [6.45, 7) is 6.50. The van der Waals surface area contributed by atoms with Crippen LogP contribution in [-0.4, -0.2) is 9.97 Å². The lowest BCUT2D eigenvalue weighted by Crippen LogP contribution is -2.31. The van der Waals surface area contributed by atoms with Crippen molar-refractivity contribution in [1.29, 1.82) is 0 Å². The number of hydrogen-bond acceptors (Lipinski definition) is 3. The van der Waals surface area contributed by atoms with Crippen molar-refractivity contribution in [2.75, 3.05) is 0 Å².